The predicted molar refractivity (Wildman–Crippen MR) is 85.7 cm³/mol. The van der Waals surface area contributed by atoms with Gasteiger partial charge in [0.1, 0.15) is 23.3 Å². The summed E-state index contributed by atoms with van der Waals surface area (Å²) in [5, 5.41) is 4.09. The fourth-order valence-corrected chi connectivity index (χ4v) is 2.29. The summed E-state index contributed by atoms with van der Waals surface area (Å²) in [5.74, 6) is 1.69. The first-order valence-electron chi connectivity index (χ1n) is 7.24. The molecule has 1 unspecified atom stereocenters. The van der Waals surface area contributed by atoms with Crippen LogP contribution >= 0.6 is 11.6 Å². The molecule has 1 atom stereocenters. The van der Waals surface area contributed by atoms with Gasteiger partial charge in [-0.05, 0) is 26.0 Å². The number of para-hydroxylation sites is 1. The van der Waals surface area contributed by atoms with Gasteiger partial charge in [0.15, 0.2) is 0 Å². The average Bonchev–Trinajstić information content (AvgIpc) is 2.82. The summed E-state index contributed by atoms with van der Waals surface area (Å²) in [5.41, 5.74) is 1.16. The van der Waals surface area contributed by atoms with Gasteiger partial charge < -0.3 is 14.6 Å². The molecule has 0 saturated carbocycles. The van der Waals surface area contributed by atoms with Gasteiger partial charge in [0.2, 0.25) is 0 Å². The van der Waals surface area contributed by atoms with Crippen molar-refractivity contribution in [1.82, 2.24) is 14.9 Å². The molecular weight excluding hydrogens is 286 g/mol. The van der Waals surface area contributed by atoms with Crippen LogP contribution in [0.5, 0.6) is 5.75 Å². The van der Waals surface area contributed by atoms with Crippen molar-refractivity contribution in [2.45, 2.75) is 32.9 Å². The highest BCUT2D eigenvalue weighted by Gasteiger charge is 2.12. The van der Waals surface area contributed by atoms with E-state index in [1.807, 2.05) is 29.8 Å². The Bertz CT molecular complexity index is 583. The summed E-state index contributed by atoms with van der Waals surface area (Å²) < 4.78 is 7.76. The first kappa shape index (κ1) is 15.9. The quantitative estimate of drug-likeness (QED) is 0.847. The van der Waals surface area contributed by atoms with E-state index in [2.05, 4.69) is 30.2 Å². The third kappa shape index (κ3) is 3.99. The van der Waals surface area contributed by atoms with Gasteiger partial charge in [-0.2, -0.15) is 0 Å². The maximum absolute atomic E-state index is 5.98. The molecule has 2 rings (SSSR count). The van der Waals surface area contributed by atoms with Gasteiger partial charge in [-0.1, -0.05) is 36.7 Å². The highest BCUT2D eigenvalue weighted by Crippen LogP contribution is 2.25. The van der Waals surface area contributed by atoms with Crippen molar-refractivity contribution in [2.75, 3.05) is 6.54 Å². The van der Waals surface area contributed by atoms with E-state index >= 15 is 0 Å². The Morgan fingerprint density at radius 1 is 1.38 bits per heavy atom. The molecule has 0 amide bonds. The van der Waals surface area contributed by atoms with Gasteiger partial charge in [0, 0.05) is 18.7 Å². The largest absolute Gasteiger partial charge is 0.485 e. The Labute approximate surface area is 131 Å². The molecule has 1 aromatic carbocycles. The molecule has 0 saturated heterocycles. The molecule has 0 bridgehead atoms. The first-order valence-corrected chi connectivity index (χ1v) is 7.62. The number of rotatable bonds is 7. The molecule has 0 spiro atoms. The Morgan fingerprint density at radius 2 is 2.14 bits per heavy atom. The molecule has 4 nitrogen and oxygen atoms in total. The predicted octanol–water partition coefficient (Wildman–Crippen LogP) is 3.71. The number of imidazole rings is 1. The molecular formula is C16H22ClN3O. The van der Waals surface area contributed by atoms with Gasteiger partial charge >= 0.3 is 0 Å². The molecule has 0 fully saturated rings. The molecule has 1 aromatic heterocycles. The van der Waals surface area contributed by atoms with Gasteiger partial charge in [-0.3, -0.25) is 0 Å². The zero-order valence-electron chi connectivity index (χ0n) is 12.8. The van der Waals surface area contributed by atoms with E-state index < -0.39 is 0 Å². The van der Waals surface area contributed by atoms with Crippen molar-refractivity contribution in [2.24, 2.45) is 7.05 Å². The SMILES string of the molecule is CCCNC(C)c1ccccc1OCc1ncc(Cl)n1C. The third-order valence-corrected chi connectivity index (χ3v) is 3.82. The van der Waals surface area contributed by atoms with E-state index in [9.17, 15) is 0 Å². The maximum Gasteiger partial charge on any atom is 0.147 e. The second-order valence-electron chi connectivity index (χ2n) is 5.06. The topological polar surface area (TPSA) is 39.1 Å². The normalized spacial score (nSPS) is 12.4. The van der Waals surface area contributed by atoms with Crippen molar-refractivity contribution in [1.29, 1.82) is 0 Å². The minimum atomic E-state index is 0.256. The number of halogens is 1. The summed E-state index contributed by atoms with van der Waals surface area (Å²) >= 11 is 5.98. The van der Waals surface area contributed by atoms with Crippen LogP contribution in [0.15, 0.2) is 30.5 Å². The van der Waals surface area contributed by atoms with Crippen LogP contribution in [-0.4, -0.2) is 16.1 Å². The van der Waals surface area contributed by atoms with Crippen LogP contribution in [-0.2, 0) is 13.7 Å². The minimum absolute atomic E-state index is 0.256. The number of aromatic nitrogens is 2. The molecule has 0 aliphatic carbocycles. The number of hydrogen-bond donors (Lipinski definition) is 1. The fourth-order valence-electron chi connectivity index (χ4n) is 2.14. The van der Waals surface area contributed by atoms with Crippen LogP contribution in [0, 0.1) is 0 Å². The fraction of sp³-hybridized carbons (Fsp3) is 0.438. The monoisotopic (exact) mass is 307 g/mol. The molecule has 5 heteroatoms. The van der Waals surface area contributed by atoms with Crippen LogP contribution in [0.2, 0.25) is 5.15 Å². The van der Waals surface area contributed by atoms with Gasteiger partial charge in [-0.25, -0.2) is 4.98 Å². The summed E-state index contributed by atoms with van der Waals surface area (Å²) in [6, 6.07) is 8.35. The van der Waals surface area contributed by atoms with E-state index in [1.54, 1.807) is 6.20 Å². The molecule has 1 heterocycles. The molecule has 114 valence electrons. The van der Waals surface area contributed by atoms with Crippen molar-refractivity contribution in [3.05, 3.63) is 47.0 Å². The van der Waals surface area contributed by atoms with E-state index in [0.29, 0.717) is 11.8 Å². The number of benzene rings is 1. The lowest BCUT2D eigenvalue weighted by molar-refractivity contribution is 0.286. The number of ether oxygens (including phenoxy) is 1. The molecule has 2 aromatic rings. The van der Waals surface area contributed by atoms with Crippen LogP contribution in [0.1, 0.15) is 37.7 Å². The van der Waals surface area contributed by atoms with Gasteiger partial charge in [0.05, 0.1) is 6.20 Å². The smallest absolute Gasteiger partial charge is 0.147 e. The van der Waals surface area contributed by atoms with E-state index in [1.165, 1.54) is 0 Å². The highest BCUT2D eigenvalue weighted by molar-refractivity contribution is 6.29. The molecule has 0 radical (unpaired) electrons. The van der Waals surface area contributed by atoms with E-state index in [-0.39, 0.29) is 6.04 Å². The second-order valence-corrected chi connectivity index (χ2v) is 5.45. The Balaban J connectivity index is 2.07. The molecule has 1 N–H and O–H groups in total. The molecule has 0 aliphatic rings. The van der Waals surface area contributed by atoms with E-state index in [0.717, 1.165) is 30.1 Å². The van der Waals surface area contributed by atoms with E-state index in [4.69, 9.17) is 16.3 Å². The zero-order chi connectivity index (χ0) is 15.2. The third-order valence-electron chi connectivity index (χ3n) is 3.47. The summed E-state index contributed by atoms with van der Waals surface area (Å²) in [4.78, 5) is 4.24. The Morgan fingerprint density at radius 3 is 2.81 bits per heavy atom. The lowest BCUT2D eigenvalue weighted by Gasteiger charge is -2.18. The molecule has 0 aliphatic heterocycles. The van der Waals surface area contributed by atoms with Crippen molar-refractivity contribution >= 4 is 11.6 Å². The lowest BCUT2D eigenvalue weighted by Crippen LogP contribution is -2.20. The standard InChI is InChI=1S/C16H22ClN3O/c1-4-9-18-12(2)13-7-5-6-8-14(13)21-11-16-19-10-15(17)20(16)3/h5-8,10,12,18H,4,9,11H2,1-3H3. The summed E-state index contributed by atoms with van der Waals surface area (Å²) in [7, 11) is 1.88. The Hall–Kier alpha value is -1.52. The van der Waals surface area contributed by atoms with Crippen LogP contribution in [0.3, 0.4) is 0 Å². The van der Waals surface area contributed by atoms with Crippen molar-refractivity contribution in [3.8, 4) is 5.75 Å². The van der Waals surface area contributed by atoms with Crippen LogP contribution in [0.4, 0.5) is 0 Å². The number of nitrogens with zero attached hydrogens (tertiary/aromatic N) is 2. The highest BCUT2D eigenvalue weighted by atomic mass is 35.5. The average molecular weight is 308 g/mol. The molecule has 21 heavy (non-hydrogen) atoms. The van der Waals surface area contributed by atoms with Gasteiger partial charge in [-0.15, -0.1) is 0 Å². The summed E-state index contributed by atoms with van der Waals surface area (Å²) in [6.45, 7) is 5.70. The lowest BCUT2D eigenvalue weighted by atomic mass is 10.1. The summed E-state index contributed by atoms with van der Waals surface area (Å²) in [6.07, 6.45) is 2.75. The number of hydrogen-bond acceptors (Lipinski definition) is 3. The van der Waals surface area contributed by atoms with Crippen LogP contribution in [0.25, 0.3) is 0 Å². The second kappa shape index (κ2) is 7.48. The van der Waals surface area contributed by atoms with Crippen molar-refractivity contribution < 1.29 is 4.74 Å². The maximum atomic E-state index is 5.98. The minimum Gasteiger partial charge on any atom is -0.485 e. The van der Waals surface area contributed by atoms with Gasteiger partial charge in [0.25, 0.3) is 0 Å². The Kier molecular flexibility index (Phi) is 5.65. The number of nitrogens with one attached hydrogen (secondary N) is 1. The van der Waals surface area contributed by atoms with Crippen molar-refractivity contribution in [3.63, 3.8) is 0 Å². The first-order chi connectivity index (χ1) is 10.1. The van der Waals surface area contributed by atoms with Crippen LogP contribution < -0.4 is 10.1 Å². The zero-order valence-corrected chi connectivity index (χ0v) is 13.5.